The molecular weight excluding hydrogens is 258 g/mol. The summed E-state index contributed by atoms with van der Waals surface area (Å²) in [6.07, 6.45) is 0.845. The highest BCUT2D eigenvalue weighted by Crippen LogP contribution is 2.45. The van der Waals surface area contributed by atoms with Gasteiger partial charge in [-0.3, -0.25) is 9.59 Å². The molecule has 0 radical (unpaired) electrons. The Morgan fingerprint density at radius 1 is 1.30 bits per heavy atom. The number of nitrogens with one attached hydrogen (secondary N) is 1. The molecule has 2 rings (SSSR count). The van der Waals surface area contributed by atoms with E-state index in [1.54, 1.807) is 0 Å². The number of carbonyl (C=O) groups excluding carboxylic acids is 1. The smallest absolute Gasteiger partial charge is 0.319 e. The van der Waals surface area contributed by atoms with Crippen LogP contribution in [0.5, 0.6) is 5.75 Å². The van der Waals surface area contributed by atoms with Crippen LogP contribution in [0.25, 0.3) is 0 Å². The predicted octanol–water partition coefficient (Wildman–Crippen LogP) is 1.66. The summed E-state index contributed by atoms with van der Waals surface area (Å²) in [5, 5.41) is 11.6. The molecule has 0 heterocycles. The zero-order chi connectivity index (χ0) is 14.8. The molecule has 0 aliphatic heterocycles. The summed E-state index contributed by atoms with van der Waals surface area (Å²) in [5.41, 5.74) is 0.902. The lowest BCUT2D eigenvalue weighted by molar-refractivity contribution is -0.149. The number of carboxylic acids is 1. The zero-order valence-corrected chi connectivity index (χ0v) is 11.7. The van der Waals surface area contributed by atoms with Crippen molar-refractivity contribution in [1.29, 1.82) is 0 Å². The maximum absolute atomic E-state index is 11.8. The fraction of sp³-hybridized carbons (Fsp3) is 0.467. The van der Waals surface area contributed by atoms with Gasteiger partial charge in [0.1, 0.15) is 17.8 Å². The van der Waals surface area contributed by atoms with Crippen LogP contribution in [-0.2, 0) is 9.59 Å². The van der Waals surface area contributed by atoms with Crippen LogP contribution in [0.3, 0.4) is 0 Å². The molecule has 5 nitrogen and oxygen atoms in total. The van der Waals surface area contributed by atoms with Gasteiger partial charge in [0.25, 0.3) is 0 Å². The normalized spacial score (nSPS) is 15.5. The van der Waals surface area contributed by atoms with Crippen LogP contribution < -0.4 is 10.1 Å². The van der Waals surface area contributed by atoms with Gasteiger partial charge < -0.3 is 15.2 Å². The summed E-state index contributed by atoms with van der Waals surface area (Å²) >= 11 is 0. The van der Waals surface area contributed by atoms with E-state index in [0.717, 1.165) is 16.9 Å². The largest absolute Gasteiger partial charge is 0.491 e. The van der Waals surface area contributed by atoms with E-state index in [1.165, 1.54) is 0 Å². The Morgan fingerprint density at radius 2 is 1.90 bits per heavy atom. The minimum atomic E-state index is -1.18. The van der Waals surface area contributed by atoms with Crippen LogP contribution in [0.1, 0.15) is 24.0 Å². The molecule has 2 N–H and O–H groups in total. The average molecular weight is 277 g/mol. The number of ether oxygens (including phenoxy) is 1. The second-order valence-electron chi connectivity index (χ2n) is 5.21. The fourth-order valence-corrected chi connectivity index (χ4v) is 2.18. The van der Waals surface area contributed by atoms with E-state index >= 15 is 0 Å². The number of hydrogen-bond acceptors (Lipinski definition) is 3. The summed E-state index contributed by atoms with van der Waals surface area (Å²) in [4.78, 5) is 22.7. The summed E-state index contributed by atoms with van der Waals surface area (Å²) in [7, 11) is 0. The minimum Gasteiger partial charge on any atom is -0.491 e. The van der Waals surface area contributed by atoms with Gasteiger partial charge in [-0.05, 0) is 37.8 Å². The first-order chi connectivity index (χ1) is 9.47. The van der Waals surface area contributed by atoms with Gasteiger partial charge in [0.05, 0.1) is 6.54 Å². The third-order valence-corrected chi connectivity index (χ3v) is 3.64. The third kappa shape index (κ3) is 2.76. The molecule has 0 saturated heterocycles. The lowest BCUT2D eigenvalue weighted by Crippen LogP contribution is -2.38. The van der Waals surface area contributed by atoms with Crippen molar-refractivity contribution >= 4 is 11.9 Å². The average Bonchev–Trinajstić information content (AvgIpc) is 3.18. The molecule has 0 unspecified atom stereocenters. The highest BCUT2D eigenvalue weighted by Gasteiger charge is 2.56. The summed E-state index contributed by atoms with van der Waals surface area (Å²) < 4.78 is 5.65. The van der Waals surface area contributed by atoms with Crippen LogP contribution in [0, 0.1) is 19.3 Å². The molecule has 0 atom stereocenters. The third-order valence-electron chi connectivity index (χ3n) is 3.64. The van der Waals surface area contributed by atoms with Crippen molar-refractivity contribution in [3.05, 3.63) is 29.3 Å². The minimum absolute atomic E-state index is 0.307. The predicted molar refractivity (Wildman–Crippen MR) is 73.7 cm³/mol. The van der Waals surface area contributed by atoms with Crippen molar-refractivity contribution < 1.29 is 19.4 Å². The first kappa shape index (κ1) is 14.4. The van der Waals surface area contributed by atoms with E-state index in [4.69, 9.17) is 9.84 Å². The molecule has 20 heavy (non-hydrogen) atoms. The van der Waals surface area contributed by atoms with Crippen molar-refractivity contribution in [2.45, 2.75) is 26.7 Å². The monoisotopic (exact) mass is 277 g/mol. The highest BCUT2D eigenvalue weighted by molar-refractivity contribution is 6.04. The van der Waals surface area contributed by atoms with Crippen LogP contribution in [0.15, 0.2) is 18.2 Å². The maximum atomic E-state index is 11.8. The van der Waals surface area contributed by atoms with E-state index in [2.05, 4.69) is 5.32 Å². The van der Waals surface area contributed by atoms with Crippen LogP contribution >= 0.6 is 0 Å². The number of amides is 1. The van der Waals surface area contributed by atoms with Crippen molar-refractivity contribution in [2.24, 2.45) is 5.41 Å². The summed E-state index contributed by atoms with van der Waals surface area (Å²) in [6.45, 7) is 4.56. The second-order valence-corrected chi connectivity index (χ2v) is 5.21. The van der Waals surface area contributed by atoms with Crippen molar-refractivity contribution in [3.8, 4) is 5.75 Å². The number of hydrogen-bond donors (Lipinski definition) is 2. The molecule has 0 bridgehead atoms. The lowest BCUT2D eigenvalue weighted by atomic mass is 10.1. The molecule has 1 aliphatic carbocycles. The molecule has 0 aromatic heterocycles. The molecular formula is C15H19NO4. The standard InChI is InChI=1S/C15H19NO4/c1-10-4-3-5-11(2)12(10)20-9-8-16-13(17)15(6-7-15)14(18)19/h3-5H,6-9H2,1-2H3,(H,16,17)(H,18,19). The number of para-hydroxylation sites is 1. The van der Waals surface area contributed by atoms with Gasteiger partial charge in [-0.2, -0.15) is 0 Å². The van der Waals surface area contributed by atoms with Crippen molar-refractivity contribution in [2.75, 3.05) is 13.2 Å². The molecule has 5 heteroatoms. The van der Waals surface area contributed by atoms with Crippen molar-refractivity contribution in [3.63, 3.8) is 0 Å². The van der Waals surface area contributed by atoms with E-state index < -0.39 is 17.3 Å². The van der Waals surface area contributed by atoms with E-state index in [0.29, 0.717) is 26.0 Å². The van der Waals surface area contributed by atoms with Gasteiger partial charge in [0, 0.05) is 0 Å². The van der Waals surface area contributed by atoms with Gasteiger partial charge in [-0.25, -0.2) is 0 Å². The number of aryl methyl sites for hydroxylation is 2. The Balaban J connectivity index is 1.80. The number of benzene rings is 1. The molecule has 1 amide bonds. The molecule has 1 aliphatic rings. The van der Waals surface area contributed by atoms with Gasteiger partial charge >= 0.3 is 5.97 Å². The molecule has 0 spiro atoms. The van der Waals surface area contributed by atoms with E-state index in [9.17, 15) is 9.59 Å². The molecule has 108 valence electrons. The Hall–Kier alpha value is -2.04. The fourth-order valence-electron chi connectivity index (χ4n) is 2.18. The number of rotatable bonds is 6. The van der Waals surface area contributed by atoms with E-state index in [1.807, 2.05) is 32.0 Å². The Kier molecular flexibility index (Phi) is 3.97. The molecule has 1 saturated carbocycles. The first-order valence-electron chi connectivity index (χ1n) is 6.68. The quantitative estimate of drug-likeness (QED) is 0.612. The summed E-state index contributed by atoms with van der Waals surface area (Å²) in [6, 6.07) is 5.89. The zero-order valence-electron chi connectivity index (χ0n) is 11.7. The van der Waals surface area contributed by atoms with Crippen LogP contribution in [-0.4, -0.2) is 30.1 Å². The maximum Gasteiger partial charge on any atom is 0.319 e. The van der Waals surface area contributed by atoms with Gasteiger partial charge in [0.15, 0.2) is 0 Å². The SMILES string of the molecule is Cc1cccc(C)c1OCCNC(=O)C1(C(=O)O)CC1. The van der Waals surface area contributed by atoms with Crippen molar-refractivity contribution in [1.82, 2.24) is 5.32 Å². The van der Waals surface area contributed by atoms with Gasteiger partial charge in [-0.15, -0.1) is 0 Å². The molecule has 1 fully saturated rings. The number of carbonyl (C=O) groups is 2. The summed E-state index contributed by atoms with van der Waals surface area (Å²) in [5.74, 6) is -0.623. The first-order valence-corrected chi connectivity index (χ1v) is 6.68. The van der Waals surface area contributed by atoms with Gasteiger partial charge in [0.2, 0.25) is 5.91 Å². The van der Waals surface area contributed by atoms with Crippen LogP contribution in [0.2, 0.25) is 0 Å². The number of aliphatic carboxylic acids is 1. The van der Waals surface area contributed by atoms with Crippen LogP contribution in [0.4, 0.5) is 0 Å². The molecule has 1 aromatic rings. The molecule has 1 aromatic carbocycles. The Morgan fingerprint density at radius 3 is 2.40 bits per heavy atom. The highest BCUT2D eigenvalue weighted by atomic mass is 16.5. The van der Waals surface area contributed by atoms with E-state index in [-0.39, 0.29) is 0 Å². The van der Waals surface area contributed by atoms with Gasteiger partial charge in [-0.1, -0.05) is 18.2 Å². The Labute approximate surface area is 117 Å². The lowest BCUT2D eigenvalue weighted by Gasteiger charge is -2.14. The second kappa shape index (κ2) is 5.53. The number of carboxylic acid groups (broad SMARTS) is 1. The Bertz CT molecular complexity index is 514. The topological polar surface area (TPSA) is 75.6 Å².